The zero-order valence-corrected chi connectivity index (χ0v) is 10.3. The van der Waals surface area contributed by atoms with Gasteiger partial charge in [-0.2, -0.15) is 5.10 Å². The summed E-state index contributed by atoms with van der Waals surface area (Å²) in [5, 5.41) is 7.11. The highest BCUT2D eigenvalue weighted by molar-refractivity contribution is 6.33. The van der Waals surface area contributed by atoms with Crippen molar-refractivity contribution < 1.29 is 4.79 Å². The average molecular weight is 266 g/mol. The van der Waals surface area contributed by atoms with Crippen molar-refractivity contribution in [2.45, 2.75) is 13.0 Å². The number of nitrogens with zero attached hydrogens (tertiary/aromatic N) is 3. The number of carbonyl (C=O) groups excluding carboxylic acids is 1. The van der Waals surface area contributed by atoms with Crippen molar-refractivity contribution in [3.63, 3.8) is 0 Å². The summed E-state index contributed by atoms with van der Waals surface area (Å²) in [4.78, 5) is 15.5. The number of aryl methyl sites for hydroxylation is 1. The highest BCUT2D eigenvalue weighted by Crippen LogP contribution is 2.22. The fourth-order valence-corrected chi connectivity index (χ4v) is 1.53. The van der Waals surface area contributed by atoms with Crippen LogP contribution in [0.4, 0.5) is 11.4 Å². The van der Waals surface area contributed by atoms with Crippen molar-refractivity contribution in [3.8, 4) is 0 Å². The van der Waals surface area contributed by atoms with E-state index < -0.39 is 0 Å². The molecule has 2 rings (SSSR count). The summed E-state index contributed by atoms with van der Waals surface area (Å²) in [7, 11) is 0. The molecular weight excluding hydrogens is 254 g/mol. The molecule has 2 aromatic rings. The lowest BCUT2D eigenvalue weighted by Crippen LogP contribution is -2.14. The van der Waals surface area contributed by atoms with E-state index in [-0.39, 0.29) is 5.91 Å². The normalized spacial score (nSPS) is 10.3. The fourth-order valence-electron chi connectivity index (χ4n) is 1.41. The smallest absolute Gasteiger partial charge is 0.226 e. The highest BCUT2D eigenvalue weighted by Gasteiger charge is 2.04. The Balaban J connectivity index is 1.88. The number of carbonyl (C=O) groups is 1. The molecule has 7 heteroatoms. The van der Waals surface area contributed by atoms with Crippen LogP contribution < -0.4 is 11.1 Å². The molecule has 18 heavy (non-hydrogen) atoms. The molecule has 0 aliphatic rings. The molecule has 3 N–H and O–H groups in total. The van der Waals surface area contributed by atoms with Gasteiger partial charge in [-0.25, -0.2) is 4.98 Å². The molecule has 0 atom stereocenters. The Kier molecular flexibility index (Phi) is 3.78. The van der Waals surface area contributed by atoms with E-state index in [2.05, 4.69) is 15.4 Å². The molecule has 0 unspecified atom stereocenters. The van der Waals surface area contributed by atoms with Gasteiger partial charge in [-0.15, -0.1) is 0 Å². The number of hydrogen-bond acceptors (Lipinski definition) is 4. The third-order valence-electron chi connectivity index (χ3n) is 2.31. The van der Waals surface area contributed by atoms with Gasteiger partial charge in [-0.05, 0) is 18.2 Å². The Hall–Kier alpha value is -2.08. The molecule has 0 aliphatic heterocycles. The van der Waals surface area contributed by atoms with E-state index in [4.69, 9.17) is 17.3 Å². The fraction of sp³-hybridized carbons (Fsp3) is 0.182. The summed E-state index contributed by atoms with van der Waals surface area (Å²) in [5.74, 6) is -0.118. The standard InChI is InChI=1S/C11H12ClN5O/c12-9-2-1-8(5-10(9)13)16-11(18)3-4-17-7-14-6-15-17/h1-2,5-7H,3-4,13H2,(H,16,18). The minimum atomic E-state index is -0.118. The summed E-state index contributed by atoms with van der Waals surface area (Å²) in [6.07, 6.45) is 3.30. The lowest BCUT2D eigenvalue weighted by Gasteiger charge is -2.06. The monoisotopic (exact) mass is 265 g/mol. The lowest BCUT2D eigenvalue weighted by molar-refractivity contribution is -0.116. The molecule has 0 spiro atoms. The number of halogens is 1. The van der Waals surface area contributed by atoms with Crippen molar-refractivity contribution in [1.82, 2.24) is 14.8 Å². The zero-order chi connectivity index (χ0) is 13.0. The molecule has 1 heterocycles. The molecule has 1 amide bonds. The Morgan fingerprint density at radius 2 is 2.33 bits per heavy atom. The minimum Gasteiger partial charge on any atom is -0.397 e. The summed E-state index contributed by atoms with van der Waals surface area (Å²) in [5.41, 5.74) is 6.70. The van der Waals surface area contributed by atoms with Crippen LogP contribution in [0.15, 0.2) is 30.9 Å². The molecule has 0 bridgehead atoms. The van der Waals surface area contributed by atoms with Gasteiger partial charge in [-0.3, -0.25) is 9.48 Å². The molecule has 0 radical (unpaired) electrons. The quantitative estimate of drug-likeness (QED) is 0.821. The number of anilines is 2. The van der Waals surface area contributed by atoms with Gasteiger partial charge in [-0.1, -0.05) is 11.6 Å². The Morgan fingerprint density at radius 1 is 1.50 bits per heavy atom. The van der Waals surface area contributed by atoms with Crippen molar-refractivity contribution in [1.29, 1.82) is 0 Å². The SMILES string of the molecule is Nc1cc(NC(=O)CCn2cncn2)ccc1Cl. The van der Waals surface area contributed by atoms with Crippen LogP contribution in [0.2, 0.25) is 5.02 Å². The summed E-state index contributed by atoms with van der Waals surface area (Å²) in [6.45, 7) is 0.481. The van der Waals surface area contributed by atoms with Crippen LogP contribution >= 0.6 is 11.6 Å². The van der Waals surface area contributed by atoms with Gasteiger partial charge < -0.3 is 11.1 Å². The molecule has 0 saturated heterocycles. The first-order chi connectivity index (χ1) is 8.65. The van der Waals surface area contributed by atoms with E-state index >= 15 is 0 Å². The molecule has 6 nitrogen and oxygen atoms in total. The molecule has 0 saturated carbocycles. The second-order valence-corrected chi connectivity index (χ2v) is 4.10. The number of rotatable bonds is 4. The van der Waals surface area contributed by atoms with Crippen LogP contribution in [0.1, 0.15) is 6.42 Å². The maximum atomic E-state index is 11.7. The van der Waals surface area contributed by atoms with Gasteiger partial charge in [0.15, 0.2) is 0 Å². The maximum absolute atomic E-state index is 11.7. The first-order valence-corrected chi connectivity index (χ1v) is 5.70. The topological polar surface area (TPSA) is 85.8 Å². The number of nitrogens with one attached hydrogen (secondary N) is 1. The Labute approximate surface area is 109 Å². The second-order valence-electron chi connectivity index (χ2n) is 3.69. The molecular formula is C11H12ClN5O. The number of nitrogens with two attached hydrogens (primary N) is 1. The van der Waals surface area contributed by atoms with Crippen molar-refractivity contribution in [3.05, 3.63) is 35.9 Å². The van der Waals surface area contributed by atoms with Crippen LogP contribution in [-0.2, 0) is 11.3 Å². The predicted molar refractivity (Wildman–Crippen MR) is 69.1 cm³/mol. The lowest BCUT2D eigenvalue weighted by atomic mass is 10.2. The Bertz CT molecular complexity index is 540. The number of hydrogen-bond donors (Lipinski definition) is 2. The van der Waals surface area contributed by atoms with Crippen LogP contribution in [0.25, 0.3) is 0 Å². The third-order valence-corrected chi connectivity index (χ3v) is 2.66. The van der Waals surface area contributed by atoms with Crippen LogP contribution in [-0.4, -0.2) is 20.7 Å². The van der Waals surface area contributed by atoms with Gasteiger partial charge in [0.05, 0.1) is 17.3 Å². The summed E-state index contributed by atoms with van der Waals surface area (Å²) >= 11 is 5.79. The van der Waals surface area contributed by atoms with Crippen LogP contribution in [0, 0.1) is 0 Å². The molecule has 1 aromatic carbocycles. The first kappa shape index (κ1) is 12.4. The highest BCUT2D eigenvalue weighted by atomic mass is 35.5. The first-order valence-electron chi connectivity index (χ1n) is 5.32. The number of aromatic nitrogens is 3. The van der Waals surface area contributed by atoms with Gasteiger partial charge in [0.1, 0.15) is 12.7 Å². The number of amides is 1. The van der Waals surface area contributed by atoms with Crippen molar-refractivity contribution in [2.75, 3.05) is 11.1 Å². The third kappa shape index (κ3) is 3.21. The second kappa shape index (κ2) is 5.50. The average Bonchev–Trinajstić information content (AvgIpc) is 2.84. The summed E-state index contributed by atoms with van der Waals surface area (Å²) < 4.78 is 1.59. The number of nitrogen functional groups attached to an aromatic ring is 1. The van der Waals surface area contributed by atoms with Gasteiger partial charge in [0, 0.05) is 12.1 Å². The molecule has 1 aromatic heterocycles. The largest absolute Gasteiger partial charge is 0.397 e. The zero-order valence-electron chi connectivity index (χ0n) is 9.51. The van der Waals surface area contributed by atoms with E-state index in [0.717, 1.165) is 0 Å². The van der Waals surface area contributed by atoms with E-state index in [9.17, 15) is 4.79 Å². The number of benzene rings is 1. The van der Waals surface area contributed by atoms with E-state index in [0.29, 0.717) is 29.4 Å². The van der Waals surface area contributed by atoms with E-state index in [1.807, 2.05) is 0 Å². The van der Waals surface area contributed by atoms with Crippen LogP contribution in [0.5, 0.6) is 0 Å². The minimum absolute atomic E-state index is 0.118. The van der Waals surface area contributed by atoms with Gasteiger partial charge in [0.25, 0.3) is 0 Å². The van der Waals surface area contributed by atoms with E-state index in [1.165, 1.54) is 6.33 Å². The molecule has 94 valence electrons. The summed E-state index contributed by atoms with van der Waals surface area (Å²) in [6, 6.07) is 4.96. The maximum Gasteiger partial charge on any atom is 0.226 e. The molecule has 0 fully saturated rings. The van der Waals surface area contributed by atoms with Crippen molar-refractivity contribution >= 4 is 28.9 Å². The van der Waals surface area contributed by atoms with Crippen molar-refractivity contribution in [2.24, 2.45) is 0 Å². The Morgan fingerprint density at radius 3 is 3.00 bits per heavy atom. The van der Waals surface area contributed by atoms with E-state index in [1.54, 1.807) is 29.2 Å². The van der Waals surface area contributed by atoms with Gasteiger partial charge >= 0.3 is 0 Å². The van der Waals surface area contributed by atoms with Crippen LogP contribution in [0.3, 0.4) is 0 Å². The molecule has 0 aliphatic carbocycles. The van der Waals surface area contributed by atoms with Gasteiger partial charge in [0.2, 0.25) is 5.91 Å². The predicted octanol–water partition coefficient (Wildman–Crippen LogP) is 1.54.